The molecule has 1 amide bonds. The lowest BCUT2D eigenvalue weighted by Gasteiger charge is -2.27. The number of nitrogens with zero attached hydrogens (tertiary/aromatic N) is 3. The molecule has 0 spiro atoms. The zero-order valence-electron chi connectivity index (χ0n) is 13.3. The van der Waals surface area contributed by atoms with E-state index in [4.69, 9.17) is 0 Å². The average Bonchev–Trinajstić information content (AvgIpc) is 3.06. The van der Waals surface area contributed by atoms with Gasteiger partial charge in [-0.1, -0.05) is 24.3 Å². The van der Waals surface area contributed by atoms with Gasteiger partial charge < -0.3 is 4.57 Å². The first kappa shape index (κ1) is 15.5. The van der Waals surface area contributed by atoms with Gasteiger partial charge in [0, 0.05) is 24.8 Å². The standard InChI is InChI=1S/C19H15F2N3O/c20-15-8-3-1-6-13(15)17-12-23-10-5-11-24(19(23)22-17)18(25)14-7-2-4-9-16(14)21/h1-4,6-9,12H,5,10-11H2. The van der Waals surface area contributed by atoms with Gasteiger partial charge in [0.15, 0.2) is 0 Å². The van der Waals surface area contributed by atoms with Crippen LogP contribution in [-0.2, 0) is 6.54 Å². The quantitative estimate of drug-likeness (QED) is 0.711. The Kier molecular flexibility index (Phi) is 3.80. The molecule has 0 fully saturated rings. The van der Waals surface area contributed by atoms with Gasteiger partial charge in [0.1, 0.15) is 11.6 Å². The summed E-state index contributed by atoms with van der Waals surface area (Å²) in [5, 5.41) is 0. The molecule has 0 atom stereocenters. The maximum absolute atomic E-state index is 14.0. The minimum atomic E-state index is -0.564. The lowest BCUT2D eigenvalue weighted by molar-refractivity contribution is 0.0977. The first-order valence-corrected chi connectivity index (χ1v) is 8.03. The Morgan fingerprint density at radius 3 is 2.44 bits per heavy atom. The highest BCUT2D eigenvalue weighted by Gasteiger charge is 2.28. The summed E-state index contributed by atoms with van der Waals surface area (Å²) in [5.41, 5.74) is 0.843. The van der Waals surface area contributed by atoms with Crippen LogP contribution in [0.5, 0.6) is 0 Å². The van der Waals surface area contributed by atoms with Gasteiger partial charge >= 0.3 is 0 Å². The molecule has 4 nitrogen and oxygen atoms in total. The van der Waals surface area contributed by atoms with E-state index in [0.29, 0.717) is 30.3 Å². The lowest BCUT2D eigenvalue weighted by atomic mass is 10.1. The Bertz CT molecular complexity index is 951. The fourth-order valence-electron chi connectivity index (χ4n) is 3.06. The van der Waals surface area contributed by atoms with Crippen molar-refractivity contribution in [2.45, 2.75) is 13.0 Å². The fraction of sp³-hybridized carbons (Fsp3) is 0.158. The second-order valence-corrected chi connectivity index (χ2v) is 5.89. The predicted molar refractivity (Wildman–Crippen MR) is 90.3 cm³/mol. The number of benzene rings is 2. The van der Waals surface area contributed by atoms with Crippen molar-refractivity contribution in [3.8, 4) is 11.3 Å². The van der Waals surface area contributed by atoms with Crippen molar-refractivity contribution in [3.05, 3.63) is 71.9 Å². The van der Waals surface area contributed by atoms with Crippen molar-refractivity contribution in [1.29, 1.82) is 0 Å². The van der Waals surface area contributed by atoms with Crippen LogP contribution in [-0.4, -0.2) is 22.0 Å². The topological polar surface area (TPSA) is 38.1 Å². The monoisotopic (exact) mass is 339 g/mol. The molecule has 2 heterocycles. The fourth-order valence-corrected chi connectivity index (χ4v) is 3.06. The van der Waals surface area contributed by atoms with E-state index < -0.39 is 11.7 Å². The third kappa shape index (κ3) is 2.69. The van der Waals surface area contributed by atoms with Crippen molar-refractivity contribution in [2.24, 2.45) is 0 Å². The van der Waals surface area contributed by atoms with Gasteiger partial charge in [-0.15, -0.1) is 0 Å². The third-order valence-corrected chi connectivity index (χ3v) is 4.28. The number of carbonyl (C=O) groups excluding carboxylic acids is 1. The summed E-state index contributed by atoms with van der Waals surface area (Å²) in [6.45, 7) is 1.12. The number of amides is 1. The van der Waals surface area contributed by atoms with Gasteiger partial charge in [-0.25, -0.2) is 13.8 Å². The van der Waals surface area contributed by atoms with Gasteiger partial charge in [0.25, 0.3) is 5.91 Å². The number of carbonyl (C=O) groups is 1. The van der Waals surface area contributed by atoms with Crippen molar-refractivity contribution in [2.75, 3.05) is 11.4 Å². The van der Waals surface area contributed by atoms with Crippen LogP contribution in [0.15, 0.2) is 54.7 Å². The summed E-state index contributed by atoms with van der Waals surface area (Å²) in [4.78, 5) is 18.7. The van der Waals surface area contributed by atoms with Gasteiger partial charge in [-0.05, 0) is 30.7 Å². The van der Waals surface area contributed by atoms with Crippen LogP contribution in [0, 0.1) is 11.6 Å². The van der Waals surface area contributed by atoms with Crippen molar-refractivity contribution >= 4 is 11.9 Å². The van der Waals surface area contributed by atoms with Gasteiger partial charge in [0.05, 0.1) is 11.3 Å². The zero-order valence-corrected chi connectivity index (χ0v) is 13.3. The molecule has 0 bridgehead atoms. The summed E-state index contributed by atoms with van der Waals surface area (Å²) in [5.74, 6) is -0.960. The first-order chi connectivity index (χ1) is 12.1. The molecule has 1 aromatic heterocycles. The highest BCUT2D eigenvalue weighted by atomic mass is 19.1. The number of anilines is 1. The van der Waals surface area contributed by atoms with E-state index in [1.165, 1.54) is 23.1 Å². The number of fused-ring (bicyclic) bond motifs is 1. The highest BCUT2D eigenvalue weighted by Crippen LogP contribution is 2.29. The third-order valence-electron chi connectivity index (χ3n) is 4.28. The van der Waals surface area contributed by atoms with Crippen LogP contribution in [0.2, 0.25) is 0 Å². The molecule has 1 aliphatic rings. The maximum atomic E-state index is 14.0. The van der Waals surface area contributed by atoms with E-state index in [1.807, 2.05) is 4.57 Å². The summed E-state index contributed by atoms with van der Waals surface area (Å²) in [6.07, 6.45) is 2.45. The van der Waals surface area contributed by atoms with Crippen LogP contribution >= 0.6 is 0 Å². The molecule has 3 aromatic rings. The number of halogens is 2. The lowest BCUT2D eigenvalue weighted by Crippen LogP contribution is -2.38. The molecule has 0 saturated heterocycles. The molecular formula is C19H15F2N3O. The Labute approximate surface area is 143 Å². The number of hydrogen-bond acceptors (Lipinski definition) is 2. The van der Waals surface area contributed by atoms with E-state index >= 15 is 0 Å². The number of imidazole rings is 1. The normalized spacial score (nSPS) is 13.6. The molecule has 2 aromatic carbocycles. The SMILES string of the molecule is O=C(c1ccccc1F)N1CCCn2cc(-c3ccccc3F)nc21. The summed E-state index contributed by atoms with van der Waals surface area (Å²) in [6, 6.07) is 12.2. The Hall–Kier alpha value is -3.02. The minimum absolute atomic E-state index is 0.00592. The maximum Gasteiger partial charge on any atom is 0.263 e. The molecule has 0 N–H and O–H groups in total. The molecule has 0 unspecified atom stereocenters. The van der Waals surface area contributed by atoms with Crippen molar-refractivity contribution in [3.63, 3.8) is 0 Å². The molecule has 25 heavy (non-hydrogen) atoms. The second-order valence-electron chi connectivity index (χ2n) is 5.89. The molecule has 4 rings (SSSR count). The number of aryl methyl sites for hydroxylation is 1. The Balaban J connectivity index is 1.75. The summed E-state index contributed by atoms with van der Waals surface area (Å²) in [7, 11) is 0. The summed E-state index contributed by atoms with van der Waals surface area (Å²) < 4.78 is 29.8. The molecule has 6 heteroatoms. The van der Waals surface area contributed by atoms with E-state index in [9.17, 15) is 13.6 Å². The van der Waals surface area contributed by atoms with Crippen molar-refractivity contribution in [1.82, 2.24) is 9.55 Å². The van der Waals surface area contributed by atoms with Crippen LogP contribution in [0.1, 0.15) is 16.8 Å². The second kappa shape index (κ2) is 6.12. The largest absolute Gasteiger partial charge is 0.316 e. The molecular weight excluding hydrogens is 324 g/mol. The molecule has 0 aliphatic carbocycles. The van der Waals surface area contributed by atoms with Gasteiger partial charge in [-0.3, -0.25) is 9.69 Å². The molecule has 126 valence electrons. The number of rotatable bonds is 2. The number of aromatic nitrogens is 2. The van der Waals surface area contributed by atoms with Gasteiger partial charge in [0.2, 0.25) is 5.95 Å². The van der Waals surface area contributed by atoms with E-state index in [0.717, 1.165) is 6.42 Å². The van der Waals surface area contributed by atoms with E-state index in [2.05, 4.69) is 4.98 Å². The number of hydrogen-bond donors (Lipinski definition) is 0. The van der Waals surface area contributed by atoms with Crippen LogP contribution in [0.3, 0.4) is 0 Å². The minimum Gasteiger partial charge on any atom is -0.316 e. The summed E-state index contributed by atoms with van der Waals surface area (Å²) >= 11 is 0. The van der Waals surface area contributed by atoms with Gasteiger partial charge in [-0.2, -0.15) is 0 Å². The van der Waals surface area contributed by atoms with Crippen LogP contribution < -0.4 is 4.90 Å². The van der Waals surface area contributed by atoms with E-state index in [1.54, 1.807) is 36.5 Å². The van der Waals surface area contributed by atoms with Crippen LogP contribution in [0.4, 0.5) is 14.7 Å². The predicted octanol–water partition coefficient (Wildman–Crippen LogP) is 3.88. The molecule has 0 saturated carbocycles. The highest BCUT2D eigenvalue weighted by molar-refractivity contribution is 6.05. The smallest absolute Gasteiger partial charge is 0.263 e. The molecule has 0 radical (unpaired) electrons. The first-order valence-electron chi connectivity index (χ1n) is 8.03. The van der Waals surface area contributed by atoms with Crippen molar-refractivity contribution < 1.29 is 13.6 Å². The zero-order chi connectivity index (χ0) is 17.4. The Morgan fingerprint density at radius 2 is 1.68 bits per heavy atom. The average molecular weight is 339 g/mol. The van der Waals surface area contributed by atoms with E-state index in [-0.39, 0.29) is 11.4 Å². The molecule has 1 aliphatic heterocycles. The van der Waals surface area contributed by atoms with Crippen LogP contribution in [0.25, 0.3) is 11.3 Å². The Morgan fingerprint density at radius 1 is 0.960 bits per heavy atom.